The summed E-state index contributed by atoms with van der Waals surface area (Å²) in [6, 6.07) is 0. The first-order chi connectivity index (χ1) is 13.1. The lowest BCUT2D eigenvalue weighted by Gasteiger charge is -2.07. The molecule has 27 heavy (non-hydrogen) atoms. The van der Waals surface area contributed by atoms with E-state index < -0.39 is 0 Å². The van der Waals surface area contributed by atoms with Crippen LogP contribution in [0.5, 0.6) is 0 Å². The molecule has 0 radical (unpaired) electrons. The molecule has 7 nitrogen and oxygen atoms in total. The van der Waals surface area contributed by atoms with E-state index in [-0.39, 0.29) is 11.9 Å². The van der Waals surface area contributed by atoms with Crippen LogP contribution in [0.2, 0.25) is 0 Å². The van der Waals surface area contributed by atoms with Crippen LogP contribution in [0.25, 0.3) is 5.95 Å². The molecule has 0 saturated carbocycles. The average molecular weight is 374 g/mol. The van der Waals surface area contributed by atoms with Crippen molar-refractivity contribution in [2.24, 2.45) is 0 Å². The second kappa shape index (κ2) is 11.5. The first-order valence-electron chi connectivity index (χ1n) is 10.5. The average Bonchev–Trinajstić information content (AvgIpc) is 3.03. The third-order valence-electron chi connectivity index (χ3n) is 4.71. The number of rotatable bonds is 13. The molecule has 0 aromatic carbocycles. The normalized spacial score (nSPS) is 11.2. The van der Waals surface area contributed by atoms with E-state index in [0.29, 0.717) is 5.95 Å². The molecule has 0 aliphatic rings. The minimum absolute atomic E-state index is 0.136. The third kappa shape index (κ3) is 7.15. The Hall–Kier alpha value is -2.18. The predicted octanol–water partition coefficient (Wildman–Crippen LogP) is 4.25. The van der Waals surface area contributed by atoms with Gasteiger partial charge in [-0.3, -0.25) is 4.57 Å². The van der Waals surface area contributed by atoms with E-state index in [2.05, 4.69) is 28.8 Å². The van der Waals surface area contributed by atoms with Crippen LogP contribution in [0.3, 0.4) is 0 Å². The molecule has 0 aliphatic carbocycles. The molecule has 2 aromatic heterocycles. The van der Waals surface area contributed by atoms with Crippen LogP contribution in [0.15, 0.2) is 6.20 Å². The molecule has 0 bridgehead atoms. The van der Waals surface area contributed by atoms with Crippen molar-refractivity contribution in [1.82, 2.24) is 24.5 Å². The van der Waals surface area contributed by atoms with Gasteiger partial charge < -0.3 is 11.5 Å². The number of aryl methyl sites for hydroxylation is 2. The van der Waals surface area contributed by atoms with Gasteiger partial charge in [0.05, 0.1) is 5.69 Å². The van der Waals surface area contributed by atoms with Crippen LogP contribution >= 0.6 is 0 Å². The summed E-state index contributed by atoms with van der Waals surface area (Å²) in [6.07, 6.45) is 16.7. The van der Waals surface area contributed by atoms with Crippen molar-refractivity contribution in [1.29, 1.82) is 0 Å². The van der Waals surface area contributed by atoms with Crippen LogP contribution in [0.4, 0.5) is 11.9 Å². The monoisotopic (exact) mass is 373 g/mol. The quantitative estimate of drug-likeness (QED) is 0.508. The number of nitrogen functional groups attached to an aromatic ring is 2. The maximum Gasteiger partial charge on any atom is 0.241 e. The SMILES string of the molecule is CCCCCCCCCCCc1nc(CCC)cn1-c1nc(N)nc(N)n1. The van der Waals surface area contributed by atoms with Crippen molar-refractivity contribution in [2.75, 3.05) is 11.5 Å². The van der Waals surface area contributed by atoms with E-state index in [1.54, 1.807) is 0 Å². The molecule has 0 saturated heterocycles. The van der Waals surface area contributed by atoms with E-state index in [9.17, 15) is 0 Å². The Balaban J connectivity index is 1.89. The smallest absolute Gasteiger partial charge is 0.241 e. The van der Waals surface area contributed by atoms with Gasteiger partial charge in [0.25, 0.3) is 0 Å². The van der Waals surface area contributed by atoms with Crippen molar-refractivity contribution in [3.8, 4) is 5.95 Å². The number of unbranched alkanes of at least 4 members (excludes halogenated alkanes) is 8. The minimum Gasteiger partial charge on any atom is -0.368 e. The van der Waals surface area contributed by atoms with E-state index in [1.165, 1.54) is 51.4 Å². The van der Waals surface area contributed by atoms with Gasteiger partial charge >= 0.3 is 0 Å². The van der Waals surface area contributed by atoms with Gasteiger partial charge in [-0.1, -0.05) is 71.6 Å². The van der Waals surface area contributed by atoms with Crippen molar-refractivity contribution >= 4 is 11.9 Å². The maximum absolute atomic E-state index is 5.73. The molecule has 0 fully saturated rings. The topological polar surface area (TPSA) is 109 Å². The fourth-order valence-corrected chi connectivity index (χ4v) is 3.30. The molecule has 7 heteroatoms. The summed E-state index contributed by atoms with van der Waals surface area (Å²) in [5, 5.41) is 0. The van der Waals surface area contributed by atoms with Gasteiger partial charge in [-0.25, -0.2) is 4.98 Å². The molecule has 4 N–H and O–H groups in total. The Morgan fingerprint density at radius 3 is 1.89 bits per heavy atom. The number of nitrogens with zero attached hydrogens (tertiary/aromatic N) is 5. The summed E-state index contributed by atoms with van der Waals surface area (Å²) >= 11 is 0. The standard InChI is InChI=1S/C20H35N7/c1-3-5-6-7-8-9-10-11-12-14-17-23-16(13-4-2)15-27(17)20-25-18(21)24-19(22)26-20/h15H,3-14H2,1-2H3,(H4,21,22,24,25,26). The number of aromatic nitrogens is 5. The van der Waals surface area contributed by atoms with Gasteiger partial charge in [0.2, 0.25) is 17.8 Å². The third-order valence-corrected chi connectivity index (χ3v) is 4.71. The number of nitrogens with two attached hydrogens (primary N) is 2. The molecular formula is C20H35N7. The lowest BCUT2D eigenvalue weighted by atomic mass is 10.1. The molecule has 2 heterocycles. The molecule has 0 aliphatic heterocycles. The summed E-state index contributed by atoms with van der Waals surface area (Å²) in [6.45, 7) is 4.41. The lowest BCUT2D eigenvalue weighted by molar-refractivity contribution is 0.560. The summed E-state index contributed by atoms with van der Waals surface area (Å²) in [5.41, 5.74) is 12.5. The zero-order valence-electron chi connectivity index (χ0n) is 17.0. The lowest BCUT2D eigenvalue weighted by Crippen LogP contribution is -2.10. The van der Waals surface area contributed by atoms with E-state index in [1.807, 2.05) is 10.8 Å². The number of anilines is 2. The Kier molecular flexibility index (Phi) is 9.01. The molecule has 0 amide bonds. The Morgan fingerprint density at radius 1 is 0.704 bits per heavy atom. The van der Waals surface area contributed by atoms with E-state index >= 15 is 0 Å². The van der Waals surface area contributed by atoms with Crippen LogP contribution in [0, 0.1) is 0 Å². The molecule has 2 aromatic rings. The summed E-state index contributed by atoms with van der Waals surface area (Å²) < 4.78 is 1.92. The number of hydrogen-bond donors (Lipinski definition) is 2. The Labute approximate surface area is 163 Å². The highest BCUT2D eigenvalue weighted by atomic mass is 15.3. The fourth-order valence-electron chi connectivity index (χ4n) is 3.30. The largest absolute Gasteiger partial charge is 0.368 e. The summed E-state index contributed by atoms with van der Waals surface area (Å²) in [7, 11) is 0. The second-order valence-electron chi connectivity index (χ2n) is 7.20. The van der Waals surface area contributed by atoms with Crippen molar-refractivity contribution in [2.45, 2.75) is 90.9 Å². The number of hydrogen-bond acceptors (Lipinski definition) is 6. The highest BCUT2D eigenvalue weighted by molar-refractivity contribution is 5.32. The molecule has 150 valence electrons. The van der Waals surface area contributed by atoms with Gasteiger partial charge in [-0.05, 0) is 12.8 Å². The molecule has 2 rings (SSSR count). The molecule has 0 unspecified atom stereocenters. The van der Waals surface area contributed by atoms with E-state index in [4.69, 9.17) is 16.5 Å². The summed E-state index contributed by atoms with van der Waals surface area (Å²) in [4.78, 5) is 17.1. The van der Waals surface area contributed by atoms with Crippen molar-refractivity contribution < 1.29 is 0 Å². The molecule has 0 spiro atoms. The zero-order chi connectivity index (χ0) is 19.5. The highest BCUT2D eigenvalue weighted by Crippen LogP contribution is 2.16. The fraction of sp³-hybridized carbons (Fsp3) is 0.700. The van der Waals surface area contributed by atoms with Crippen LogP contribution in [-0.2, 0) is 12.8 Å². The van der Waals surface area contributed by atoms with Gasteiger partial charge in [-0.15, -0.1) is 0 Å². The molecular weight excluding hydrogens is 338 g/mol. The minimum atomic E-state index is 0.136. The zero-order valence-corrected chi connectivity index (χ0v) is 17.0. The summed E-state index contributed by atoms with van der Waals surface area (Å²) in [5.74, 6) is 1.71. The highest BCUT2D eigenvalue weighted by Gasteiger charge is 2.13. The number of imidazole rings is 1. The first-order valence-corrected chi connectivity index (χ1v) is 10.5. The molecule has 0 atom stereocenters. The van der Waals surface area contributed by atoms with Crippen molar-refractivity contribution in [3.05, 3.63) is 17.7 Å². The van der Waals surface area contributed by atoms with Crippen LogP contribution in [0.1, 0.15) is 89.6 Å². The van der Waals surface area contributed by atoms with Gasteiger partial charge in [0.15, 0.2) is 0 Å². The van der Waals surface area contributed by atoms with Crippen LogP contribution in [-0.4, -0.2) is 24.5 Å². The maximum atomic E-state index is 5.73. The second-order valence-corrected chi connectivity index (χ2v) is 7.20. The predicted molar refractivity (Wildman–Crippen MR) is 111 cm³/mol. The van der Waals surface area contributed by atoms with E-state index in [0.717, 1.165) is 37.2 Å². The Morgan fingerprint density at radius 2 is 1.30 bits per heavy atom. The van der Waals surface area contributed by atoms with Gasteiger partial charge in [-0.2, -0.15) is 15.0 Å². The van der Waals surface area contributed by atoms with Gasteiger partial charge in [0, 0.05) is 12.6 Å². The Bertz CT molecular complexity index is 661. The van der Waals surface area contributed by atoms with Gasteiger partial charge in [0.1, 0.15) is 5.82 Å². The van der Waals surface area contributed by atoms with Crippen LogP contribution < -0.4 is 11.5 Å². The van der Waals surface area contributed by atoms with Crippen molar-refractivity contribution in [3.63, 3.8) is 0 Å². The first kappa shape index (κ1) is 21.1.